The van der Waals surface area contributed by atoms with E-state index in [4.69, 9.17) is 0 Å². The van der Waals surface area contributed by atoms with E-state index in [1.54, 1.807) is 0 Å². The minimum Gasteiger partial charge on any atom is -0.228 e. The van der Waals surface area contributed by atoms with Crippen LogP contribution in [0.4, 0.5) is 0 Å². The molecule has 0 aliphatic heterocycles. The number of amides is 1. The van der Waals surface area contributed by atoms with Crippen molar-refractivity contribution in [1.29, 1.82) is 0 Å². The van der Waals surface area contributed by atoms with Crippen molar-refractivity contribution >= 4 is 18.8 Å². The first-order valence-corrected chi connectivity index (χ1v) is 1.78. The molecular formula is C2H6NO2S+. The molecule has 2 N–H and O–H groups in total. The van der Waals surface area contributed by atoms with E-state index in [-0.39, 0.29) is 5.91 Å². The maximum atomic E-state index is 9.81. The second-order valence-corrected chi connectivity index (χ2v) is 1.04. The van der Waals surface area contributed by atoms with Crippen LogP contribution in [0.5, 0.6) is 0 Å². The van der Waals surface area contributed by atoms with Crippen LogP contribution in [0.1, 0.15) is 6.92 Å². The second kappa shape index (κ2) is 3.14. The van der Waals surface area contributed by atoms with Crippen molar-refractivity contribution in [1.82, 2.24) is 0 Å². The fraction of sp³-hybridized carbons (Fsp3) is 0.500. The van der Waals surface area contributed by atoms with Gasteiger partial charge in [0.15, 0.2) is 0 Å². The number of thiol groups is 1. The molecular weight excluding hydrogens is 102 g/mol. The maximum absolute atomic E-state index is 9.81. The molecule has 3 nitrogen and oxygen atoms in total. The van der Waals surface area contributed by atoms with Gasteiger partial charge in [-0.25, -0.2) is 4.79 Å². The van der Waals surface area contributed by atoms with E-state index in [2.05, 4.69) is 17.2 Å². The first-order valence-electron chi connectivity index (χ1n) is 1.41. The van der Waals surface area contributed by atoms with Gasteiger partial charge in [-0.05, 0) is 0 Å². The lowest BCUT2D eigenvalue weighted by Gasteiger charge is -1.80. The van der Waals surface area contributed by atoms with Gasteiger partial charge in [0.2, 0.25) is 0 Å². The highest BCUT2D eigenvalue weighted by Crippen LogP contribution is 1.53. The highest BCUT2D eigenvalue weighted by molar-refractivity contribution is 7.74. The number of carbonyl (C=O) groups is 1. The predicted octanol–water partition coefficient (Wildman–Crippen LogP) is -1.13. The normalized spacial score (nSPS) is 8.33. The Balaban J connectivity index is 2.83. The fourth-order valence-corrected chi connectivity index (χ4v) is 0.223. The summed E-state index contributed by atoms with van der Waals surface area (Å²) in [5, 5.41) is 0. The molecule has 0 fully saturated rings. The number of hydroxylamine groups is 1. The Morgan fingerprint density at radius 2 is 2.50 bits per heavy atom. The van der Waals surface area contributed by atoms with E-state index in [0.717, 1.165) is 5.48 Å². The largest absolute Gasteiger partial charge is 0.340 e. The van der Waals surface area contributed by atoms with Gasteiger partial charge in [0.25, 0.3) is 0 Å². The minimum absolute atomic E-state index is 0.134. The van der Waals surface area contributed by atoms with Gasteiger partial charge in [0, 0.05) is 12.9 Å². The molecule has 0 bridgehead atoms. The number of nitrogens with two attached hydrogens (primary N) is 1. The molecule has 0 aromatic carbocycles. The van der Waals surface area contributed by atoms with Crippen molar-refractivity contribution in [2.75, 3.05) is 0 Å². The third kappa shape index (κ3) is 3.94. The van der Waals surface area contributed by atoms with Gasteiger partial charge in [-0.2, -0.15) is 0 Å². The summed E-state index contributed by atoms with van der Waals surface area (Å²) in [6.45, 7) is 1.39. The predicted molar refractivity (Wildman–Crippen MR) is 22.7 cm³/mol. The van der Waals surface area contributed by atoms with Crippen LogP contribution in [0, 0.1) is 0 Å². The van der Waals surface area contributed by atoms with Gasteiger partial charge in [-0.15, -0.1) is 9.76 Å². The van der Waals surface area contributed by atoms with Crippen molar-refractivity contribution in [2.45, 2.75) is 6.92 Å². The van der Waals surface area contributed by atoms with Crippen molar-refractivity contribution in [3.63, 3.8) is 0 Å². The lowest BCUT2D eigenvalue weighted by Crippen LogP contribution is -2.84. The third-order valence-electron chi connectivity index (χ3n) is 0.219. The molecule has 0 atom stereocenters. The summed E-state index contributed by atoms with van der Waals surface area (Å²) in [4.78, 5) is 9.81. The summed E-state index contributed by atoms with van der Waals surface area (Å²) >= 11 is 3.28. The summed E-state index contributed by atoms with van der Waals surface area (Å²) < 4.78 is 4.02. The average Bonchev–Trinajstić information content (AvgIpc) is 1.35. The van der Waals surface area contributed by atoms with Crippen molar-refractivity contribution in [3.05, 3.63) is 0 Å². The Morgan fingerprint density at radius 3 is 2.50 bits per heavy atom. The summed E-state index contributed by atoms with van der Waals surface area (Å²) in [5.74, 6) is -0.134. The van der Waals surface area contributed by atoms with Gasteiger partial charge in [-0.1, -0.05) is 0 Å². The van der Waals surface area contributed by atoms with Gasteiger partial charge in [0.05, 0.1) is 6.92 Å². The van der Waals surface area contributed by atoms with E-state index >= 15 is 0 Å². The lowest BCUT2D eigenvalue weighted by molar-refractivity contribution is -0.779. The van der Waals surface area contributed by atoms with Gasteiger partial charge in [-0.3, -0.25) is 0 Å². The zero-order chi connectivity index (χ0) is 4.99. The van der Waals surface area contributed by atoms with Crippen molar-refractivity contribution in [3.8, 4) is 0 Å². The molecule has 0 heterocycles. The molecule has 0 aliphatic carbocycles. The zero-order valence-corrected chi connectivity index (χ0v) is 4.24. The average molecular weight is 108 g/mol. The molecule has 0 saturated carbocycles. The number of primary amides is 1. The Morgan fingerprint density at radius 1 is 2.00 bits per heavy atom. The van der Waals surface area contributed by atoms with Gasteiger partial charge >= 0.3 is 5.91 Å². The molecule has 0 radical (unpaired) electrons. The third-order valence-corrected chi connectivity index (χ3v) is 0.324. The van der Waals surface area contributed by atoms with E-state index < -0.39 is 0 Å². The van der Waals surface area contributed by atoms with Crippen LogP contribution in [0.25, 0.3) is 0 Å². The zero-order valence-electron chi connectivity index (χ0n) is 3.34. The standard InChI is InChI=1S/C2H5NO2S/c1-2(4)3-5-6/h6H,1H3,(H,3,4)/p+1. The quantitative estimate of drug-likeness (QED) is 0.254. The molecule has 0 unspecified atom stereocenters. The Labute approximate surface area is 41.2 Å². The molecule has 0 aliphatic rings. The molecule has 0 rings (SSSR count). The summed E-state index contributed by atoms with van der Waals surface area (Å²) in [6.07, 6.45) is 0. The smallest absolute Gasteiger partial charge is 0.228 e. The SMILES string of the molecule is CC(=O)[NH2+]OS. The van der Waals surface area contributed by atoms with Crippen molar-refractivity contribution in [2.24, 2.45) is 0 Å². The lowest BCUT2D eigenvalue weighted by atomic mass is 10.8. The van der Waals surface area contributed by atoms with E-state index in [9.17, 15) is 4.79 Å². The highest BCUT2D eigenvalue weighted by atomic mass is 32.1. The highest BCUT2D eigenvalue weighted by Gasteiger charge is 1.88. The Hall–Kier alpha value is -0.0600. The fourth-order valence-electron chi connectivity index (χ4n) is 0.0742. The van der Waals surface area contributed by atoms with Crippen LogP contribution in [0.2, 0.25) is 0 Å². The van der Waals surface area contributed by atoms with E-state index in [1.807, 2.05) is 0 Å². The van der Waals surface area contributed by atoms with Crippen LogP contribution in [-0.4, -0.2) is 5.91 Å². The van der Waals surface area contributed by atoms with Crippen LogP contribution in [0.3, 0.4) is 0 Å². The first kappa shape index (κ1) is 5.94. The minimum atomic E-state index is -0.134. The Bertz CT molecular complexity index is 55.5. The molecule has 1 amide bonds. The van der Waals surface area contributed by atoms with Crippen LogP contribution < -0.4 is 5.48 Å². The summed E-state index contributed by atoms with van der Waals surface area (Å²) in [7, 11) is 0. The topological polar surface area (TPSA) is 42.9 Å². The molecule has 0 spiro atoms. The Kier molecular flexibility index (Phi) is 3.11. The van der Waals surface area contributed by atoms with Gasteiger partial charge < -0.3 is 0 Å². The van der Waals surface area contributed by atoms with Crippen molar-refractivity contribution < 1.29 is 14.6 Å². The molecule has 4 heteroatoms. The molecule has 36 valence electrons. The number of carbonyl (C=O) groups excluding carboxylic acids is 1. The summed E-state index contributed by atoms with van der Waals surface area (Å²) in [5.41, 5.74) is 1.02. The monoisotopic (exact) mass is 108 g/mol. The van der Waals surface area contributed by atoms with Crippen LogP contribution in [0.15, 0.2) is 0 Å². The number of rotatable bonds is 1. The number of quaternary nitrogens is 1. The molecule has 0 aromatic rings. The molecule has 0 saturated heterocycles. The van der Waals surface area contributed by atoms with E-state index in [0.29, 0.717) is 0 Å². The molecule has 6 heavy (non-hydrogen) atoms. The second-order valence-electron chi connectivity index (χ2n) is 0.834. The maximum Gasteiger partial charge on any atom is 0.340 e. The van der Waals surface area contributed by atoms with Crippen LogP contribution in [-0.2, 0) is 9.08 Å². The number of hydrogen-bond acceptors (Lipinski definition) is 3. The summed E-state index contributed by atoms with van der Waals surface area (Å²) in [6, 6.07) is 0. The van der Waals surface area contributed by atoms with E-state index in [1.165, 1.54) is 6.92 Å². The molecule has 0 aromatic heterocycles. The first-order chi connectivity index (χ1) is 2.77. The van der Waals surface area contributed by atoms with Gasteiger partial charge in [0.1, 0.15) is 0 Å². The number of hydrogen-bond donors (Lipinski definition) is 2. The van der Waals surface area contributed by atoms with Crippen LogP contribution >= 0.6 is 12.9 Å².